The van der Waals surface area contributed by atoms with E-state index in [-0.39, 0.29) is 29.7 Å². The predicted octanol–water partition coefficient (Wildman–Crippen LogP) is 1.57. The summed E-state index contributed by atoms with van der Waals surface area (Å²) in [6.07, 6.45) is 9.26. The summed E-state index contributed by atoms with van der Waals surface area (Å²) in [6, 6.07) is 0.273. The molecule has 3 aliphatic rings. The van der Waals surface area contributed by atoms with Gasteiger partial charge in [0.05, 0.1) is 11.8 Å². The van der Waals surface area contributed by atoms with E-state index >= 15 is 0 Å². The molecule has 0 spiro atoms. The topological polar surface area (TPSA) is 66.4 Å². The number of hydrogen-bond acceptors (Lipinski definition) is 2. The maximum atomic E-state index is 12.3. The van der Waals surface area contributed by atoms with Crippen molar-refractivity contribution in [3.63, 3.8) is 0 Å². The maximum Gasteiger partial charge on any atom is 0.307 e. The Kier molecular flexibility index (Phi) is 2.88. The van der Waals surface area contributed by atoms with E-state index < -0.39 is 11.9 Å². The Hall–Kier alpha value is -1.32. The zero-order chi connectivity index (χ0) is 12.7. The second kappa shape index (κ2) is 4.41. The van der Waals surface area contributed by atoms with Crippen molar-refractivity contribution in [3.8, 4) is 0 Å². The van der Waals surface area contributed by atoms with Gasteiger partial charge in [0.2, 0.25) is 5.91 Å². The van der Waals surface area contributed by atoms with Gasteiger partial charge in [0.25, 0.3) is 0 Å². The summed E-state index contributed by atoms with van der Waals surface area (Å²) in [5, 5.41) is 12.4. The van der Waals surface area contributed by atoms with E-state index in [9.17, 15) is 14.7 Å². The Labute approximate surface area is 106 Å². The molecule has 4 heteroatoms. The summed E-state index contributed by atoms with van der Waals surface area (Å²) in [7, 11) is 0. The van der Waals surface area contributed by atoms with E-state index in [1.807, 2.05) is 12.2 Å². The zero-order valence-electron chi connectivity index (χ0n) is 10.3. The number of carbonyl (C=O) groups excluding carboxylic acids is 1. The van der Waals surface area contributed by atoms with Crippen molar-refractivity contribution in [1.82, 2.24) is 5.32 Å². The Balaban J connectivity index is 1.71. The molecule has 0 aromatic heterocycles. The smallest absolute Gasteiger partial charge is 0.307 e. The van der Waals surface area contributed by atoms with Crippen molar-refractivity contribution >= 4 is 11.9 Å². The lowest BCUT2D eigenvalue weighted by Gasteiger charge is -2.25. The van der Waals surface area contributed by atoms with Crippen molar-refractivity contribution in [1.29, 1.82) is 0 Å². The van der Waals surface area contributed by atoms with Crippen LogP contribution in [-0.4, -0.2) is 23.0 Å². The number of fused-ring (bicyclic) bond motifs is 2. The van der Waals surface area contributed by atoms with E-state index in [2.05, 4.69) is 5.32 Å². The molecule has 0 aliphatic heterocycles. The van der Waals surface area contributed by atoms with Gasteiger partial charge < -0.3 is 10.4 Å². The molecule has 4 nitrogen and oxygen atoms in total. The monoisotopic (exact) mass is 249 g/mol. The molecular formula is C14H19NO3. The number of carboxylic acids is 1. The molecule has 4 atom stereocenters. The summed E-state index contributed by atoms with van der Waals surface area (Å²) in [5.41, 5.74) is 0. The number of aliphatic carboxylic acids is 1. The molecule has 0 aromatic rings. The zero-order valence-corrected chi connectivity index (χ0v) is 10.3. The van der Waals surface area contributed by atoms with Crippen molar-refractivity contribution in [2.75, 3.05) is 0 Å². The van der Waals surface area contributed by atoms with Crippen LogP contribution < -0.4 is 5.32 Å². The fourth-order valence-electron chi connectivity index (χ4n) is 3.88. The number of rotatable bonds is 3. The highest BCUT2D eigenvalue weighted by molar-refractivity contribution is 5.87. The number of nitrogens with one attached hydrogen (secondary N) is 1. The Bertz CT molecular complexity index is 398. The molecule has 0 aromatic carbocycles. The minimum Gasteiger partial charge on any atom is -0.481 e. The highest BCUT2D eigenvalue weighted by atomic mass is 16.4. The third-order valence-corrected chi connectivity index (χ3v) is 4.75. The average molecular weight is 249 g/mol. The first-order valence-corrected chi connectivity index (χ1v) is 6.88. The van der Waals surface area contributed by atoms with Gasteiger partial charge in [0.15, 0.2) is 0 Å². The third-order valence-electron chi connectivity index (χ3n) is 4.75. The van der Waals surface area contributed by atoms with Gasteiger partial charge in [-0.05, 0) is 31.1 Å². The van der Waals surface area contributed by atoms with Gasteiger partial charge in [-0.3, -0.25) is 9.59 Å². The molecule has 3 rings (SSSR count). The average Bonchev–Trinajstić information content (AvgIpc) is 3.03. The van der Waals surface area contributed by atoms with Gasteiger partial charge in [-0.15, -0.1) is 0 Å². The predicted molar refractivity (Wildman–Crippen MR) is 65.8 cm³/mol. The van der Waals surface area contributed by atoms with Crippen LogP contribution in [0.15, 0.2) is 12.2 Å². The van der Waals surface area contributed by atoms with Gasteiger partial charge >= 0.3 is 5.97 Å². The van der Waals surface area contributed by atoms with E-state index in [0.29, 0.717) is 0 Å². The summed E-state index contributed by atoms with van der Waals surface area (Å²) in [6.45, 7) is 0. The number of carbonyl (C=O) groups is 2. The largest absolute Gasteiger partial charge is 0.481 e. The van der Waals surface area contributed by atoms with Crippen LogP contribution in [0.2, 0.25) is 0 Å². The van der Waals surface area contributed by atoms with Crippen LogP contribution in [0.25, 0.3) is 0 Å². The second-order valence-corrected chi connectivity index (χ2v) is 5.83. The van der Waals surface area contributed by atoms with E-state index in [1.165, 1.54) is 12.8 Å². The molecule has 0 radical (unpaired) electrons. The molecule has 2 saturated carbocycles. The first-order chi connectivity index (χ1) is 8.66. The normalized spacial score (nSPS) is 38.2. The van der Waals surface area contributed by atoms with Crippen molar-refractivity contribution in [3.05, 3.63) is 12.2 Å². The van der Waals surface area contributed by atoms with Crippen LogP contribution in [0.1, 0.15) is 32.1 Å². The van der Waals surface area contributed by atoms with Crippen LogP contribution in [0.4, 0.5) is 0 Å². The van der Waals surface area contributed by atoms with Gasteiger partial charge in [0, 0.05) is 6.04 Å². The molecule has 18 heavy (non-hydrogen) atoms. The molecule has 0 heterocycles. The summed E-state index contributed by atoms with van der Waals surface area (Å²) in [5.74, 6) is -1.52. The fourth-order valence-corrected chi connectivity index (χ4v) is 3.88. The van der Waals surface area contributed by atoms with Crippen molar-refractivity contribution in [2.24, 2.45) is 23.7 Å². The molecule has 0 unspecified atom stereocenters. The van der Waals surface area contributed by atoms with Crippen LogP contribution in [-0.2, 0) is 9.59 Å². The van der Waals surface area contributed by atoms with Gasteiger partial charge in [-0.2, -0.15) is 0 Å². The van der Waals surface area contributed by atoms with Gasteiger partial charge in [-0.25, -0.2) is 0 Å². The minimum absolute atomic E-state index is 0.0360. The molecule has 2 fully saturated rings. The maximum absolute atomic E-state index is 12.3. The lowest BCUT2D eigenvalue weighted by atomic mass is 9.82. The molecule has 2 bridgehead atoms. The van der Waals surface area contributed by atoms with Crippen LogP contribution in [0.3, 0.4) is 0 Å². The minimum atomic E-state index is -0.821. The molecular weight excluding hydrogens is 230 g/mol. The molecule has 1 amide bonds. The van der Waals surface area contributed by atoms with Crippen LogP contribution >= 0.6 is 0 Å². The Morgan fingerprint density at radius 2 is 1.67 bits per heavy atom. The van der Waals surface area contributed by atoms with E-state index in [1.54, 1.807) is 0 Å². The standard InChI is InChI=1S/C14H19NO3/c16-13(15-10-3-1-2-4-10)11-8-5-6-9(7-8)12(11)14(17)18/h5-6,8-12H,1-4,7H2,(H,15,16)(H,17,18)/t8-,9-,11+,12-/m0/s1. The van der Waals surface area contributed by atoms with Crippen molar-refractivity contribution in [2.45, 2.75) is 38.1 Å². The summed E-state index contributed by atoms with van der Waals surface area (Å²) >= 11 is 0. The first kappa shape index (κ1) is 11.8. The van der Waals surface area contributed by atoms with E-state index in [0.717, 1.165) is 19.3 Å². The SMILES string of the molecule is O=C(O)[C@@H]1[C@H](C(=O)NC2CCCC2)[C@H]2C=C[C@H]1C2. The Morgan fingerprint density at radius 1 is 1.06 bits per heavy atom. The quantitative estimate of drug-likeness (QED) is 0.746. The lowest BCUT2D eigenvalue weighted by Crippen LogP contribution is -2.43. The Morgan fingerprint density at radius 3 is 2.28 bits per heavy atom. The highest BCUT2D eigenvalue weighted by Crippen LogP contribution is 2.48. The lowest BCUT2D eigenvalue weighted by molar-refractivity contribution is -0.148. The summed E-state index contributed by atoms with van der Waals surface area (Å²) in [4.78, 5) is 23.6. The van der Waals surface area contributed by atoms with Crippen LogP contribution in [0, 0.1) is 23.7 Å². The van der Waals surface area contributed by atoms with Gasteiger partial charge in [0.1, 0.15) is 0 Å². The summed E-state index contributed by atoms with van der Waals surface area (Å²) < 4.78 is 0. The molecule has 2 N–H and O–H groups in total. The van der Waals surface area contributed by atoms with Crippen LogP contribution in [0.5, 0.6) is 0 Å². The van der Waals surface area contributed by atoms with E-state index in [4.69, 9.17) is 0 Å². The van der Waals surface area contributed by atoms with Gasteiger partial charge in [-0.1, -0.05) is 25.0 Å². The first-order valence-electron chi connectivity index (χ1n) is 6.88. The number of allylic oxidation sites excluding steroid dienone is 2. The molecule has 3 aliphatic carbocycles. The third kappa shape index (κ3) is 1.84. The molecule has 0 saturated heterocycles. The highest BCUT2D eigenvalue weighted by Gasteiger charge is 2.51. The molecule has 98 valence electrons. The number of hydrogen-bond donors (Lipinski definition) is 2. The number of carboxylic acid groups (broad SMARTS) is 1. The fraction of sp³-hybridized carbons (Fsp3) is 0.714. The van der Waals surface area contributed by atoms with Crippen molar-refractivity contribution < 1.29 is 14.7 Å². The number of amides is 1. The second-order valence-electron chi connectivity index (χ2n) is 5.83.